The Kier molecular flexibility index (Phi) is 9.46. The van der Waals surface area contributed by atoms with Gasteiger partial charge in [0.25, 0.3) is 5.91 Å². The number of nitrogens with zero attached hydrogens (tertiary/aromatic N) is 3. The molecule has 0 bridgehead atoms. The van der Waals surface area contributed by atoms with E-state index in [2.05, 4.69) is 22.4 Å². The first-order valence-electron chi connectivity index (χ1n) is 13.3. The van der Waals surface area contributed by atoms with Crippen LogP contribution in [0.5, 0.6) is 0 Å². The average molecular weight is 495 g/mol. The first-order valence-corrected chi connectivity index (χ1v) is 13.3. The summed E-state index contributed by atoms with van der Waals surface area (Å²) in [6.45, 7) is 11.5. The Labute approximate surface area is 216 Å². The molecule has 3 atom stereocenters. The average Bonchev–Trinajstić information content (AvgIpc) is 3.56. The van der Waals surface area contributed by atoms with Crippen LogP contribution < -0.4 is 5.32 Å². The predicted molar refractivity (Wildman–Crippen MR) is 143 cm³/mol. The summed E-state index contributed by atoms with van der Waals surface area (Å²) in [7, 11) is 0. The van der Waals surface area contributed by atoms with Crippen molar-refractivity contribution in [1.82, 2.24) is 15.1 Å². The molecule has 0 saturated carbocycles. The third-order valence-corrected chi connectivity index (χ3v) is 7.25. The Morgan fingerprint density at radius 2 is 1.92 bits per heavy atom. The number of amides is 3. The van der Waals surface area contributed by atoms with Crippen molar-refractivity contribution >= 4 is 23.4 Å². The summed E-state index contributed by atoms with van der Waals surface area (Å²) in [5.41, 5.74) is 1.29. The van der Waals surface area contributed by atoms with Gasteiger partial charge in [-0.2, -0.15) is 0 Å². The molecule has 7 heteroatoms. The molecule has 36 heavy (non-hydrogen) atoms. The maximum atomic E-state index is 13.8. The molecule has 3 rings (SSSR count). The highest BCUT2D eigenvalue weighted by Gasteiger charge is 2.41. The lowest BCUT2D eigenvalue weighted by atomic mass is 9.85. The van der Waals surface area contributed by atoms with E-state index in [0.717, 1.165) is 25.7 Å². The number of rotatable bonds is 10. The van der Waals surface area contributed by atoms with Crippen LogP contribution in [0, 0.1) is 11.3 Å². The zero-order chi connectivity index (χ0) is 26.3. The fourth-order valence-corrected chi connectivity index (χ4v) is 4.72. The Bertz CT molecular complexity index is 980. The highest BCUT2D eigenvalue weighted by molar-refractivity contribution is 6.39. The summed E-state index contributed by atoms with van der Waals surface area (Å²) in [6, 6.07) is 9.43. The van der Waals surface area contributed by atoms with Crippen LogP contribution in [-0.4, -0.2) is 65.0 Å². The molecule has 3 amide bonds. The summed E-state index contributed by atoms with van der Waals surface area (Å²) in [4.78, 5) is 47.9. The van der Waals surface area contributed by atoms with Crippen LogP contribution in [0.25, 0.3) is 0 Å². The zero-order valence-corrected chi connectivity index (χ0v) is 22.5. The van der Waals surface area contributed by atoms with Crippen molar-refractivity contribution in [2.75, 3.05) is 19.6 Å². The van der Waals surface area contributed by atoms with Gasteiger partial charge in [-0.05, 0) is 36.7 Å². The van der Waals surface area contributed by atoms with Crippen LogP contribution in [0.15, 0.2) is 47.6 Å². The van der Waals surface area contributed by atoms with Crippen LogP contribution in [0.1, 0.15) is 65.9 Å². The fourth-order valence-electron chi connectivity index (χ4n) is 4.72. The summed E-state index contributed by atoms with van der Waals surface area (Å²) in [5.74, 6) is -0.360. The number of carbonyl (C=O) groups excluding carboxylic acids is 3. The van der Waals surface area contributed by atoms with Crippen LogP contribution in [0.2, 0.25) is 0 Å². The number of nitrogens with one attached hydrogen (secondary N) is 1. The summed E-state index contributed by atoms with van der Waals surface area (Å²) >= 11 is 0. The van der Waals surface area contributed by atoms with Crippen molar-refractivity contribution < 1.29 is 14.4 Å². The van der Waals surface area contributed by atoms with Gasteiger partial charge in [0.2, 0.25) is 11.8 Å². The molecule has 0 unspecified atom stereocenters. The minimum absolute atomic E-state index is 0.0583. The third kappa shape index (κ3) is 7.05. The van der Waals surface area contributed by atoms with Crippen LogP contribution in [0.4, 0.5) is 0 Å². The number of likely N-dealkylation sites (tertiary alicyclic amines) is 1. The predicted octanol–water partition coefficient (Wildman–Crippen LogP) is 3.98. The second-order valence-corrected chi connectivity index (χ2v) is 11.1. The molecule has 0 aromatic heterocycles. The van der Waals surface area contributed by atoms with Gasteiger partial charge in [-0.3, -0.25) is 19.4 Å². The fraction of sp³-hybridized carbons (Fsp3) is 0.586. The summed E-state index contributed by atoms with van der Waals surface area (Å²) < 4.78 is 0. The number of aliphatic imine (C=N–C) groups is 1. The molecule has 1 fully saturated rings. The lowest BCUT2D eigenvalue weighted by Crippen LogP contribution is -2.58. The monoisotopic (exact) mass is 494 g/mol. The van der Waals surface area contributed by atoms with Gasteiger partial charge in [-0.25, -0.2) is 0 Å². The van der Waals surface area contributed by atoms with Crippen LogP contribution in [-0.2, 0) is 20.8 Å². The second-order valence-electron chi connectivity index (χ2n) is 11.1. The molecule has 1 N–H and O–H groups in total. The molecule has 2 aliphatic heterocycles. The molecule has 196 valence electrons. The van der Waals surface area contributed by atoms with Gasteiger partial charge >= 0.3 is 0 Å². The largest absolute Gasteiger partial charge is 0.344 e. The van der Waals surface area contributed by atoms with Crippen molar-refractivity contribution in [2.24, 2.45) is 16.3 Å². The van der Waals surface area contributed by atoms with Gasteiger partial charge in [0.05, 0.1) is 0 Å². The minimum atomic E-state index is -0.614. The standard InChI is InChI=1S/C29H42N4O3/c1-6-21(2)26(34)31-25(29(3,4)5)28(36)33-18-11-14-23(33)20-32(27(35)24-15-10-17-30-24)19-16-22-12-8-7-9-13-22/h7-10,12-13,17,21,23,25H,6,11,14-16,18-20H2,1-5H3,(H,31,34)/t21-,23+,25-/m1/s1. The summed E-state index contributed by atoms with van der Waals surface area (Å²) in [5, 5.41) is 3.03. The van der Waals surface area contributed by atoms with Gasteiger partial charge in [-0.15, -0.1) is 0 Å². The summed E-state index contributed by atoms with van der Waals surface area (Å²) in [6.07, 6.45) is 7.30. The van der Waals surface area contributed by atoms with E-state index in [9.17, 15) is 14.4 Å². The number of hydrogen-bond donors (Lipinski definition) is 1. The topological polar surface area (TPSA) is 82.1 Å². The third-order valence-electron chi connectivity index (χ3n) is 7.25. The lowest BCUT2D eigenvalue weighted by molar-refractivity contribution is -0.141. The van der Waals surface area contributed by atoms with Crippen molar-refractivity contribution in [1.29, 1.82) is 0 Å². The van der Waals surface area contributed by atoms with Gasteiger partial charge in [0.1, 0.15) is 11.8 Å². The molecular formula is C29H42N4O3. The molecule has 0 aliphatic carbocycles. The van der Waals surface area contributed by atoms with E-state index in [-0.39, 0.29) is 29.7 Å². The normalized spacial score (nSPS) is 19.1. The van der Waals surface area contributed by atoms with Gasteiger partial charge in [0.15, 0.2) is 0 Å². The molecule has 1 aromatic rings. The number of allylic oxidation sites excluding steroid dienone is 1. The second kappa shape index (κ2) is 12.3. The first-order chi connectivity index (χ1) is 17.1. The Morgan fingerprint density at radius 3 is 2.53 bits per heavy atom. The SMILES string of the molecule is CC[C@@H](C)C(=O)N[C@H](C(=O)N1CCC[C@H]1CN(CCc1ccccc1)C(=O)C1=NC=CC1)C(C)(C)C. The van der Waals surface area contributed by atoms with Gasteiger partial charge < -0.3 is 15.1 Å². The highest BCUT2D eigenvalue weighted by Crippen LogP contribution is 2.27. The molecule has 2 heterocycles. The molecule has 1 saturated heterocycles. The number of benzene rings is 1. The quantitative estimate of drug-likeness (QED) is 0.534. The zero-order valence-electron chi connectivity index (χ0n) is 22.5. The van der Waals surface area contributed by atoms with E-state index < -0.39 is 11.5 Å². The minimum Gasteiger partial charge on any atom is -0.344 e. The molecule has 1 aromatic carbocycles. The van der Waals surface area contributed by atoms with E-state index in [0.29, 0.717) is 31.8 Å². The highest BCUT2D eigenvalue weighted by atomic mass is 16.2. The van der Waals surface area contributed by atoms with Crippen molar-refractivity contribution in [3.05, 3.63) is 48.2 Å². The Morgan fingerprint density at radius 1 is 1.19 bits per heavy atom. The Hall–Kier alpha value is -2.96. The van der Waals surface area contributed by atoms with Crippen molar-refractivity contribution in [2.45, 2.75) is 78.8 Å². The van der Waals surface area contributed by atoms with E-state index >= 15 is 0 Å². The molecule has 0 radical (unpaired) electrons. The van der Waals surface area contributed by atoms with E-state index in [1.165, 1.54) is 5.56 Å². The van der Waals surface area contributed by atoms with Gasteiger partial charge in [-0.1, -0.05) is 71.0 Å². The van der Waals surface area contributed by atoms with Crippen molar-refractivity contribution in [3.8, 4) is 0 Å². The van der Waals surface area contributed by atoms with E-state index in [1.807, 2.05) is 68.7 Å². The molecule has 0 spiro atoms. The van der Waals surface area contributed by atoms with Gasteiger partial charge in [0, 0.05) is 44.2 Å². The first kappa shape index (κ1) is 27.6. The maximum Gasteiger partial charge on any atom is 0.268 e. The van der Waals surface area contributed by atoms with Crippen LogP contribution in [0.3, 0.4) is 0 Å². The lowest BCUT2D eigenvalue weighted by Gasteiger charge is -2.37. The molecular weight excluding hydrogens is 452 g/mol. The van der Waals surface area contributed by atoms with E-state index in [4.69, 9.17) is 0 Å². The maximum absolute atomic E-state index is 13.8. The van der Waals surface area contributed by atoms with Crippen LogP contribution >= 0.6 is 0 Å². The smallest absolute Gasteiger partial charge is 0.268 e. The number of carbonyl (C=O) groups is 3. The Balaban J connectivity index is 1.76. The van der Waals surface area contributed by atoms with Crippen molar-refractivity contribution in [3.63, 3.8) is 0 Å². The molecule has 7 nitrogen and oxygen atoms in total. The molecule has 2 aliphatic rings. The number of hydrogen-bond acceptors (Lipinski definition) is 4. The van der Waals surface area contributed by atoms with E-state index in [1.54, 1.807) is 6.20 Å².